The molecule has 0 saturated carbocycles. The molecule has 0 radical (unpaired) electrons. The molecule has 4 aromatic rings. The molecule has 1 aromatic carbocycles. The maximum Gasteiger partial charge on any atom is 0.191 e. The molecule has 0 amide bonds. The fraction of sp³-hybridized carbons (Fsp3) is 0.360. The molecule has 0 unspecified atom stereocenters. The van der Waals surface area contributed by atoms with E-state index in [0.717, 1.165) is 53.1 Å². The summed E-state index contributed by atoms with van der Waals surface area (Å²) in [5.41, 5.74) is 5.18. The van der Waals surface area contributed by atoms with Gasteiger partial charge in [0.2, 0.25) is 0 Å². The molecule has 1 aliphatic rings. The highest BCUT2D eigenvalue weighted by molar-refractivity contribution is 7.96. The van der Waals surface area contributed by atoms with Crippen LogP contribution in [0.3, 0.4) is 0 Å². The van der Waals surface area contributed by atoms with E-state index in [9.17, 15) is 4.39 Å². The summed E-state index contributed by atoms with van der Waals surface area (Å²) in [6, 6.07) is 10.9. The third kappa shape index (κ3) is 4.39. The smallest absolute Gasteiger partial charge is 0.191 e. The van der Waals surface area contributed by atoms with Crippen LogP contribution in [-0.4, -0.2) is 45.1 Å². The first-order valence-electron chi connectivity index (χ1n) is 11.3. The summed E-state index contributed by atoms with van der Waals surface area (Å²) in [4.78, 5) is 11.9. The van der Waals surface area contributed by atoms with Crippen molar-refractivity contribution in [3.8, 4) is 11.3 Å². The summed E-state index contributed by atoms with van der Waals surface area (Å²) >= 11 is 3.43. The van der Waals surface area contributed by atoms with E-state index in [0.29, 0.717) is 5.92 Å². The van der Waals surface area contributed by atoms with Gasteiger partial charge in [0.15, 0.2) is 5.13 Å². The van der Waals surface area contributed by atoms with Crippen LogP contribution in [0, 0.1) is 5.82 Å². The molecule has 5 rings (SSSR count). The van der Waals surface area contributed by atoms with Crippen molar-refractivity contribution in [2.75, 3.05) is 31.3 Å². The minimum absolute atomic E-state index is 0.237. The third-order valence-electron chi connectivity index (χ3n) is 6.44. The predicted molar refractivity (Wildman–Crippen MR) is 137 cm³/mol. The Morgan fingerprint density at radius 2 is 1.88 bits per heavy atom. The van der Waals surface area contributed by atoms with Crippen LogP contribution in [0.1, 0.15) is 36.9 Å². The second-order valence-electron chi connectivity index (χ2n) is 8.39. The zero-order valence-corrected chi connectivity index (χ0v) is 20.8. The molecule has 0 bridgehead atoms. The molecule has 172 valence electrons. The Balaban J connectivity index is 1.48. The van der Waals surface area contributed by atoms with Gasteiger partial charge in [-0.25, -0.2) is 14.4 Å². The number of pyridine rings is 1. The number of nitrogens with zero attached hydrogens (tertiary/aromatic N) is 5. The van der Waals surface area contributed by atoms with Crippen LogP contribution in [-0.2, 0) is 6.42 Å². The standard InChI is InChI=1S/C25H28FN5S2/c1-4-21-24(29(2)25-28-22(16-33-25)18-5-8-20(26)9-6-18)31-15-19(7-10-23(31)27-21)17-11-13-30(32-3)14-12-17/h5-10,15-17H,4,11-14H2,1-3H3. The monoisotopic (exact) mass is 481 g/mol. The van der Waals surface area contributed by atoms with Gasteiger partial charge in [-0.2, -0.15) is 0 Å². The summed E-state index contributed by atoms with van der Waals surface area (Å²) in [6.07, 6.45) is 7.65. The molecule has 1 aliphatic heterocycles. The number of piperidine rings is 1. The number of benzene rings is 1. The van der Waals surface area contributed by atoms with Gasteiger partial charge >= 0.3 is 0 Å². The quantitative estimate of drug-likeness (QED) is 0.299. The third-order valence-corrected chi connectivity index (χ3v) is 8.24. The highest BCUT2D eigenvalue weighted by atomic mass is 32.2. The van der Waals surface area contributed by atoms with Gasteiger partial charge in [0.25, 0.3) is 0 Å². The lowest BCUT2D eigenvalue weighted by Gasteiger charge is -2.30. The van der Waals surface area contributed by atoms with Crippen molar-refractivity contribution in [3.63, 3.8) is 0 Å². The van der Waals surface area contributed by atoms with Crippen molar-refractivity contribution in [1.29, 1.82) is 0 Å². The van der Waals surface area contributed by atoms with Gasteiger partial charge in [0, 0.05) is 37.3 Å². The first kappa shape index (κ1) is 22.4. The van der Waals surface area contributed by atoms with Crippen LogP contribution in [0.5, 0.6) is 0 Å². The molecule has 0 aliphatic carbocycles. The normalized spacial score (nSPS) is 15.4. The topological polar surface area (TPSA) is 36.7 Å². The van der Waals surface area contributed by atoms with Crippen LogP contribution >= 0.6 is 23.3 Å². The van der Waals surface area contributed by atoms with Crippen molar-refractivity contribution in [2.45, 2.75) is 32.1 Å². The fourth-order valence-corrected chi connectivity index (χ4v) is 5.94. The molecule has 3 aromatic heterocycles. The molecule has 0 N–H and O–H groups in total. The summed E-state index contributed by atoms with van der Waals surface area (Å²) in [5.74, 6) is 1.41. The number of halogens is 1. The summed E-state index contributed by atoms with van der Waals surface area (Å²) in [7, 11) is 2.06. The van der Waals surface area contributed by atoms with Crippen molar-refractivity contribution in [2.24, 2.45) is 0 Å². The van der Waals surface area contributed by atoms with Crippen LogP contribution in [0.2, 0.25) is 0 Å². The molecule has 33 heavy (non-hydrogen) atoms. The molecule has 0 atom stereocenters. The first-order chi connectivity index (χ1) is 16.1. The van der Waals surface area contributed by atoms with Crippen LogP contribution in [0.15, 0.2) is 48.0 Å². The highest BCUT2D eigenvalue weighted by Gasteiger charge is 2.23. The predicted octanol–water partition coefficient (Wildman–Crippen LogP) is 6.38. The largest absolute Gasteiger partial charge is 0.305 e. The van der Waals surface area contributed by atoms with E-state index in [4.69, 9.17) is 9.97 Å². The summed E-state index contributed by atoms with van der Waals surface area (Å²) in [6.45, 7) is 4.40. The Labute approximate surface area is 202 Å². The number of thiazole rings is 1. The number of hydrogen-bond donors (Lipinski definition) is 0. The lowest BCUT2D eigenvalue weighted by molar-refractivity contribution is 0.346. The average molecular weight is 482 g/mol. The maximum atomic E-state index is 13.3. The minimum atomic E-state index is -0.237. The molecule has 1 saturated heterocycles. The van der Waals surface area contributed by atoms with Gasteiger partial charge in [0.05, 0.1) is 11.4 Å². The van der Waals surface area contributed by atoms with Crippen LogP contribution < -0.4 is 4.90 Å². The summed E-state index contributed by atoms with van der Waals surface area (Å²) in [5, 5.41) is 2.92. The zero-order valence-electron chi connectivity index (χ0n) is 19.2. The van der Waals surface area contributed by atoms with Crippen LogP contribution in [0.25, 0.3) is 16.9 Å². The maximum absolute atomic E-state index is 13.3. The Hall–Kier alpha value is -2.42. The number of aryl methyl sites for hydroxylation is 1. The highest BCUT2D eigenvalue weighted by Crippen LogP contribution is 2.35. The number of rotatable bonds is 6. The van der Waals surface area contributed by atoms with Gasteiger partial charge < -0.3 is 4.90 Å². The van der Waals surface area contributed by atoms with Crippen molar-refractivity contribution in [1.82, 2.24) is 18.7 Å². The number of anilines is 2. The van der Waals surface area contributed by atoms with E-state index >= 15 is 0 Å². The summed E-state index contributed by atoms with van der Waals surface area (Å²) < 4.78 is 18.0. The van der Waals surface area contributed by atoms with Gasteiger partial charge in [-0.1, -0.05) is 24.9 Å². The molecular formula is C25H28FN5S2. The minimum Gasteiger partial charge on any atom is -0.305 e. The van der Waals surface area contributed by atoms with Crippen molar-refractivity contribution >= 4 is 39.9 Å². The van der Waals surface area contributed by atoms with Crippen molar-refractivity contribution < 1.29 is 4.39 Å². The molecule has 1 fully saturated rings. The van der Waals surface area contributed by atoms with E-state index in [1.807, 2.05) is 17.3 Å². The van der Waals surface area contributed by atoms with E-state index in [1.54, 1.807) is 23.5 Å². The first-order valence-corrected chi connectivity index (χ1v) is 13.4. The lowest BCUT2D eigenvalue weighted by Crippen LogP contribution is -2.27. The van der Waals surface area contributed by atoms with Crippen LogP contribution in [0.4, 0.5) is 15.3 Å². The Bertz CT molecular complexity index is 1240. The van der Waals surface area contributed by atoms with Gasteiger partial charge in [0.1, 0.15) is 17.3 Å². The van der Waals surface area contributed by atoms with Gasteiger partial charge in [-0.05, 0) is 67.3 Å². The van der Waals surface area contributed by atoms with E-state index in [-0.39, 0.29) is 5.82 Å². The molecule has 8 heteroatoms. The number of imidazole rings is 1. The SMILES string of the molecule is CCc1nc2ccc(C3CCN(SC)CC3)cn2c1N(C)c1nc(-c2ccc(F)cc2)cs1. The fourth-order valence-electron chi connectivity index (χ4n) is 4.57. The van der Waals surface area contributed by atoms with E-state index in [2.05, 4.69) is 52.2 Å². The van der Waals surface area contributed by atoms with E-state index in [1.165, 1.54) is 30.5 Å². The van der Waals surface area contributed by atoms with Crippen molar-refractivity contribution in [3.05, 3.63) is 65.0 Å². The number of aromatic nitrogens is 3. The molecule has 0 spiro atoms. The molecule has 4 heterocycles. The molecule has 5 nitrogen and oxygen atoms in total. The van der Waals surface area contributed by atoms with Gasteiger partial charge in [-0.15, -0.1) is 11.3 Å². The average Bonchev–Trinajstić information content (AvgIpc) is 3.49. The van der Waals surface area contributed by atoms with Gasteiger partial charge in [-0.3, -0.25) is 8.71 Å². The Morgan fingerprint density at radius 3 is 2.58 bits per heavy atom. The Kier molecular flexibility index (Phi) is 6.40. The number of hydrogen-bond acceptors (Lipinski definition) is 6. The van der Waals surface area contributed by atoms with E-state index < -0.39 is 0 Å². The lowest BCUT2D eigenvalue weighted by atomic mass is 9.91. The zero-order chi connectivity index (χ0) is 22.9. The second kappa shape index (κ2) is 9.44. The Morgan fingerprint density at radius 1 is 1.12 bits per heavy atom. The molecular weight excluding hydrogens is 453 g/mol. The number of fused-ring (bicyclic) bond motifs is 1. The second-order valence-corrected chi connectivity index (χ2v) is 10.1.